The van der Waals surface area contributed by atoms with Crippen molar-refractivity contribution in [3.05, 3.63) is 144 Å². The van der Waals surface area contributed by atoms with E-state index in [4.69, 9.17) is 0 Å². The molecule has 43 heavy (non-hydrogen) atoms. The van der Waals surface area contributed by atoms with Gasteiger partial charge in [0.15, 0.2) is 0 Å². The quantitative estimate of drug-likeness (QED) is 0.144. The molecule has 10 rings (SSSR count). The van der Waals surface area contributed by atoms with Crippen LogP contribution < -0.4 is 0 Å². The first kappa shape index (κ1) is 25.2. The largest absolute Gasteiger partial charge is 0.135 e. The minimum Gasteiger partial charge on any atom is -0.135 e. The van der Waals surface area contributed by atoms with Gasteiger partial charge >= 0.3 is 0 Å². The van der Waals surface area contributed by atoms with Crippen molar-refractivity contribution in [3.8, 4) is 0 Å². The molecule has 0 aliphatic rings. The minimum absolute atomic E-state index is 1.17. The van der Waals surface area contributed by atoms with Crippen LogP contribution in [0, 0.1) is 0 Å². The lowest BCUT2D eigenvalue weighted by Crippen LogP contribution is -1.80. The van der Waals surface area contributed by atoms with Crippen LogP contribution in [-0.4, -0.2) is 0 Å². The normalized spacial score (nSPS) is 11.8. The van der Waals surface area contributed by atoms with E-state index in [0.717, 1.165) is 0 Å². The fraction of sp³-hybridized carbons (Fsp3) is 0. The van der Waals surface area contributed by atoms with Crippen LogP contribution in [0.1, 0.15) is 0 Å². The van der Waals surface area contributed by atoms with Crippen LogP contribution in [0.3, 0.4) is 0 Å². The molecule has 0 spiro atoms. The molecule has 0 aliphatic carbocycles. The Kier molecular flexibility index (Phi) is 5.80. The minimum atomic E-state index is 1.17. The van der Waals surface area contributed by atoms with Crippen LogP contribution in [0.15, 0.2) is 144 Å². The number of hydrogen-bond donors (Lipinski definition) is 0. The van der Waals surface area contributed by atoms with Gasteiger partial charge in [-0.25, -0.2) is 0 Å². The highest BCUT2D eigenvalue weighted by Gasteiger charge is 2.13. The summed E-state index contributed by atoms with van der Waals surface area (Å²) in [5, 5.41) is 16.1. The predicted octanol–water partition coefficient (Wildman–Crippen LogP) is 13.5. The summed E-state index contributed by atoms with van der Waals surface area (Å²) in [4.78, 5) is 0. The van der Waals surface area contributed by atoms with Crippen LogP contribution in [0.4, 0.5) is 0 Å². The van der Waals surface area contributed by atoms with E-state index >= 15 is 0 Å². The lowest BCUT2D eigenvalue weighted by molar-refractivity contribution is 1.78. The summed E-state index contributed by atoms with van der Waals surface area (Å²) in [6, 6.07) is 50.4. The van der Waals surface area contributed by atoms with Crippen molar-refractivity contribution in [3.63, 3.8) is 0 Å². The van der Waals surface area contributed by atoms with Crippen LogP contribution >= 0.6 is 38.6 Å². The van der Waals surface area contributed by atoms with Crippen molar-refractivity contribution in [2.75, 3.05) is 0 Å². The zero-order valence-electron chi connectivity index (χ0n) is 23.0. The molecule has 0 atom stereocenters. The fourth-order valence-corrected chi connectivity index (χ4v) is 9.67. The van der Waals surface area contributed by atoms with E-state index in [1.165, 1.54) is 87.9 Å². The topological polar surface area (TPSA) is 0 Å². The zero-order valence-corrected chi connectivity index (χ0v) is 26.2. The first-order valence-corrected chi connectivity index (χ1v) is 16.8. The summed E-state index contributed by atoms with van der Waals surface area (Å²) in [6.07, 6.45) is 0. The third-order valence-corrected chi connectivity index (χ3v) is 11.6. The highest BCUT2D eigenvalue weighted by atomic mass is 79.9. The Labute approximate surface area is 264 Å². The molecule has 0 saturated carbocycles. The Morgan fingerprint density at radius 2 is 0.814 bits per heavy atom. The third kappa shape index (κ3) is 3.93. The lowest BCUT2D eigenvalue weighted by Gasteiger charge is -2.07. The maximum absolute atomic E-state index is 3.78. The summed E-state index contributed by atoms with van der Waals surface area (Å²) in [5.41, 5.74) is 0. The molecule has 0 bridgehead atoms. The molecular weight excluding hydrogens is 624 g/mol. The van der Waals surface area contributed by atoms with Crippen LogP contribution in [0.2, 0.25) is 0 Å². The monoisotopic (exact) mass is 646 g/mol. The van der Waals surface area contributed by atoms with E-state index in [0.29, 0.717) is 0 Å². The molecule has 8 aromatic carbocycles. The van der Waals surface area contributed by atoms with Crippen LogP contribution in [0.5, 0.6) is 0 Å². The number of thiophene rings is 2. The highest BCUT2D eigenvalue weighted by molar-refractivity contribution is 9.10. The Balaban J connectivity index is 0.000000121. The summed E-state index contributed by atoms with van der Waals surface area (Å²) < 4.78 is 6.68. The second kappa shape index (κ2) is 9.89. The summed E-state index contributed by atoms with van der Waals surface area (Å²) in [6.45, 7) is 0. The van der Waals surface area contributed by atoms with Gasteiger partial charge in [0.2, 0.25) is 0 Å². The Bertz CT molecular complexity index is 2690. The first-order chi connectivity index (χ1) is 21.2. The van der Waals surface area contributed by atoms with Gasteiger partial charge in [-0.3, -0.25) is 0 Å². The Hall–Kier alpha value is -4.28. The number of fused-ring (bicyclic) bond motifs is 14. The molecule has 0 aliphatic heterocycles. The molecule has 0 unspecified atom stereocenters. The maximum atomic E-state index is 3.78. The number of hydrogen-bond acceptors (Lipinski definition) is 2. The van der Waals surface area contributed by atoms with Crippen molar-refractivity contribution in [1.29, 1.82) is 0 Å². The van der Waals surface area contributed by atoms with E-state index in [1.807, 2.05) is 22.7 Å². The van der Waals surface area contributed by atoms with Crippen molar-refractivity contribution >= 4 is 122 Å². The number of halogens is 1. The smallest absolute Gasteiger partial charge is 0.0440 e. The second-order valence-corrected chi connectivity index (χ2v) is 13.9. The zero-order chi connectivity index (χ0) is 28.5. The van der Waals surface area contributed by atoms with E-state index in [-0.39, 0.29) is 0 Å². The second-order valence-electron chi connectivity index (χ2n) is 11.0. The van der Waals surface area contributed by atoms with Gasteiger partial charge < -0.3 is 0 Å². The molecule has 0 saturated heterocycles. The van der Waals surface area contributed by atoms with Gasteiger partial charge in [0.25, 0.3) is 0 Å². The van der Waals surface area contributed by atoms with Gasteiger partial charge in [-0.15, -0.1) is 22.7 Å². The van der Waals surface area contributed by atoms with Gasteiger partial charge in [0.1, 0.15) is 0 Å². The Morgan fingerprint density at radius 3 is 1.51 bits per heavy atom. The lowest BCUT2D eigenvalue weighted by atomic mass is 10.00. The molecule has 3 heteroatoms. The summed E-state index contributed by atoms with van der Waals surface area (Å²) in [7, 11) is 0. The molecule has 202 valence electrons. The Morgan fingerprint density at radius 1 is 0.349 bits per heavy atom. The molecule has 0 N–H and O–H groups in total. The van der Waals surface area contributed by atoms with Gasteiger partial charge in [-0.2, -0.15) is 0 Å². The van der Waals surface area contributed by atoms with Crippen molar-refractivity contribution in [2.24, 2.45) is 0 Å². The summed E-state index contributed by atoms with van der Waals surface area (Å²) >= 11 is 7.58. The molecule has 10 aromatic rings. The maximum Gasteiger partial charge on any atom is 0.0440 e. The van der Waals surface area contributed by atoms with E-state index in [9.17, 15) is 0 Å². The number of benzene rings is 8. The van der Waals surface area contributed by atoms with Crippen molar-refractivity contribution in [1.82, 2.24) is 0 Å². The molecule has 0 amide bonds. The van der Waals surface area contributed by atoms with E-state index in [2.05, 4.69) is 155 Å². The van der Waals surface area contributed by atoms with E-state index < -0.39 is 0 Å². The average molecular weight is 648 g/mol. The molecule has 0 fully saturated rings. The average Bonchev–Trinajstić information content (AvgIpc) is 3.63. The summed E-state index contributed by atoms with van der Waals surface area (Å²) in [5.74, 6) is 0. The highest BCUT2D eigenvalue weighted by Crippen LogP contribution is 2.44. The molecule has 2 aromatic heterocycles. The van der Waals surface area contributed by atoms with Crippen molar-refractivity contribution < 1.29 is 0 Å². The van der Waals surface area contributed by atoms with Gasteiger partial charge in [0.05, 0.1) is 0 Å². The van der Waals surface area contributed by atoms with Gasteiger partial charge in [0, 0.05) is 55.6 Å². The molecular formula is C40H23BrS2. The standard InChI is InChI=1S/C20H11BrS.C20H12S/c21-17-11-16-14-7-3-4-8-18(14)22-20(16)19-13-6-2-1-5-12(13)9-10-15(17)19;1-2-6-15-13(5-1)9-10-14-11-12-17-16-7-3-4-8-18(16)21-20(17)19(14)15/h1-11H;1-12H. The SMILES string of the molecule is Brc1cc2c3ccccc3sc2c2c1ccc1ccccc12.c1ccc2c(c1)ccc1ccc3c4ccccc4sc3c12. The number of rotatable bonds is 0. The van der Waals surface area contributed by atoms with Crippen LogP contribution in [0.25, 0.3) is 83.4 Å². The third-order valence-electron chi connectivity index (χ3n) is 8.57. The molecule has 0 nitrogen and oxygen atoms in total. The molecule has 0 radical (unpaired) electrons. The first-order valence-electron chi connectivity index (χ1n) is 14.4. The van der Waals surface area contributed by atoms with Crippen LogP contribution in [-0.2, 0) is 0 Å². The fourth-order valence-electron chi connectivity index (χ4n) is 6.58. The predicted molar refractivity (Wildman–Crippen MR) is 196 cm³/mol. The van der Waals surface area contributed by atoms with Crippen molar-refractivity contribution in [2.45, 2.75) is 0 Å². The van der Waals surface area contributed by atoms with Gasteiger partial charge in [-0.05, 0) is 50.5 Å². The molecule has 2 heterocycles. The van der Waals surface area contributed by atoms with E-state index in [1.54, 1.807) is 0 Å². The van der Waals surface area contributed by atoms with Gasteiger partial charge in [-0.1, -0.05) is 137 Å².